The molecule has 1 aromatic carbocycles. The molecule has 1 fully saturated rings. The van der Waals surface area contributed by atoms with Gasteiger partial charge in [-0.2, -0.15) is 13.2 Å². The molecule has 1 aromatic heterocycles. The Morgan fingerprint density at radius 1 is 1.07 bits per heavy atom. The minimum Gasteiger partial charge on any atom is -0.339 e. The maximum Gasteiger partial charge on any atom is 0.416 e. The Morgan fingerprint density at radius 3 is 2.38 bits per heavy atom. The third kappa shape index (κ3) is 5.13. The molecular weight excluding hydrogens is 383 g/mol. The minimum absolute atomic E-state index is 0.0882. The molecular formula is C21H22F3N3O2. The summed E-state index contributed by atoms with van der Waals surface area (Å²) in [5, 5.41) is 2.45. The number of halogens is 3. The van der Waals surface area contributed by atoms with Crippen molar-refractivity contribution in [2.75, 3.05) is 18.4 Å². The second-order valence-electron chi connectivity index (χ2n) is 7.13. The molecule has 0 saturated carbocycles. The lowest BCUT2D eigenvalue weighted by atomic mass is 10.1. The van der Waals surface area contributed by atoms with Gasteiger partial charge in [-0.3, -0.25) is 14.6 Å². The molecule has 1 saturated heterocycles. The van der Waals surface area contributed by atoms with Gasteiger partial charge in [-0.05, 0) is 49.6 Å². The van der Waals surface area contributed by atoms with Crippen LogP contribution in [0.1, 0.15) is 57.7 Å². The van der Waals surface area contributed by atoms with Crippen LogP contribution in [0.3, 0.4) is 0 Å². The van der Waals surface area contributed by atoms with Gasteiger partial charge in [0, 0.05) is 30.5 Å². The molecule has 1 aliphatic rings. The van der Waals surface area contributed by atoms with Gasteiger partial charge >= 0.3 is 6.18 Å². The van der Waals surface area contributed by atoms with Crippen LogP contribution >= 0.6 is 0 Å². The molecule has 2 aromatic rings. The lowest BCUT2D eigenvalue weighted by Gasteiger charge is -2.21. The average Bonchev–Trinajstić information content (AvgIpc) is 2.96. The molecule has 0 aliphatic carbocycles. The molecule has 1 N–H and O–H groups in total. The normalized spacial score (nSPS) is 15.0. The largest absolute Gasteiger partial charge is 0.416 e. The number of hydrogen-bond acceptors (Lipinski definition) is 3. The number of benzene rings is 1. The highest BCUT2D eigenvalue weighted by Gasteiger charge is 2.32. The van der Waals surface area contributed by atoms with Crippen molar-refractivity contribution in [3.05, 3.63) is 58.9 Å². The van der Waals surface area contributed by atoms with Gasteiger partial charge in [0.2, 0.25) is 0 Å². The molecule has 0 radical (unpaired) electrons. The topological polar surface area (TPSA) is 62.3 Å². The van der Waals surface area contributed by atoms with E-state index in [0.717, 1.165) is 37.8 Å². The fourth-order valence-electron chi connectivity index (χ4n) is 3.36. The lowest BCUT2D eigenvalue weighted by Crippen LogP contribution is -2.32. The molecule has 8 heteroatoms. The highest BCUT2D eigenvalue weighted by molar-refractivity contribution is 6.04. The summed E-state index contributed by atoms with van der Waals surface area (Å²) in [6.45, 7) is 2.72. The van der Waals surface area contributed by atoms with E-state index in [1.54, 1.807) is 24.0 Å². The number of anilines is 1. The van der Waals surface area contributed by atoms with Crippen molar-refractivity contribution in [2.24, 2.45) is 0 Å². The molecule has 0 bridgehead atoms. The molecule has 3 rings (SSSR count). The number of nitrogens with zero attached hydrogens (tertiary/aromatic N) is 2. The van der Waals surface area contributed by atoms with E-state index in [0.29, 0.717) is 18.7 Å². The molecule has 2 heterocycles. The Kier molecular flexibility index (Phi) is 6.20. The van der Waals surface area contributed by atoms with Crippen molar-refractivity contribution >= 4 is 17.5 Å². The summed E-state index contributed by atoms with van der Waals surface area (Å²) < 4.78 is 40.2. The molecule has 2 amide bonds. The number of nitrogens with one attached hydrogen (secondary N) is 1. The Labute approximate surface area is 166 Å². The van der Waals surface area contributed by atoms with Crippen molar-refractivity contribution in [1.82, 2.24) is 9.88 Å². The zero-order valence-corrected chi connectivity index (χ0v) is 16.1. The lowest BCUT2D eigenvalue weighted by molar-refractivity contribution is -0.137. The molecule has 0 unspecified atom stereocenters. The number of hydrogen-bond donors (Lipinski definition) is 1. The van der Waals surface area contributed by atoms with Gasteiger partial charge in [-0.1, -0.05) is 18.9 Å². The van der Waals surface area contributed by atoms with E-state index >= 15 is 0 Å². The highest BCUT2D eigenvalue weighted by atomic mass is 19.4. The number of carbonyl (C=O) groups excluding carboxylic acids is 2. The Bertz CT molecular complexity index is 904. The predicted octanol–water partition coefficient (Wildman–Crippen LogP) is 4.68. The van der Waals surface area contributed by atoms with Crippen molar-refractivity contribution in [1.29, 1.82) is 0 Å². The monoisotopic (exact) mass is 405 g/mol. The summed E-state index contributed by atoms with van der Waals surface area (Å²) in [4.78, 5) is 30.9. The minimum atomic E-state index is -4.64. The number of alkyl halides is 3. The number of rotatable bonds is 3. The Morgan fingerprint density at radius 2 is 1.76 bits per heavy atom. The van der Waals surface area contributed by atoms with Gasteiger partial charge in [0.25, 0.3) is 11.8 Å². The van der Waals surface area contributed by atoms with Crippen LogP contribution in [-0.4, -0.2) is 34.8 Å². The number of carbonyl (C=O) groups is 2. The first-order chi connectivity index (χ1) is 13.8. The summed E-state index contributed by atoms with van der Waals surface area (Å²) in [7, 11) is 0. The standard InChI is InChI=1S/C21H22F3N3O2/c1-14-7-6-8-25-18(14)19(28)26-17-12-15(11-16(13-17)21(22,23)24)20(29)27-9-4-2-3-5-10-27/h6-8,11-13H,2-5,9-10H2,1H3,(H,26,28). The summed E-state index contributed by atoms with van der Waals surface area (Å²) in [5.41, 5.74) is -0.447. The second-order valence-corrected chi connectivity index (χ2v) is 7.13. The number of amides is 2. The van der Waals surface area contributed by atoms with Crippen molar-refractivity contribution in [2.45, 2.75) is 38.8 Å². The highest BCUT2D eigenvalue weighted by Crippen LogP contribution is 2.32. The summed E-state index contributed by atoms with van der Waals surface area (Å²) >= 11 is 0. The number of aryl methyl sites for hydroxylation is 1. The van der Waals surface area contributed by atoms with E-state index in [1.807, 2.05) is 0 Å². The van der Waals surface area contributed by atoms with Gasteiger partial charge in [-0.15, -0.1) is 0 Å². The van der Waals surface area contributed by atoms with Crippen molar-refractivity contribution in [3.63, 3.8) is 0 Å². The molecule has 29 heavy (non-hydrogen) atoms. The van der Waals surface area contributed by atoms with Crippen LogP contribution in [0.2, 0.25) is 0 Å². The first kappa shape index (κ1) is 20.8. The molecule has 5 nitrogen and oxygen atoms in total. The summed E-state index contributed by atoms with van der Waals surface area (Å²) in [6.07, 6.45) is 0.437. The van der Waals surface area contributed by atoms with Crippen LogP contribution in [0.4, 0.5) is 18.9 Å². The van der Waals surface area contributed by atoms with Crippen molar-refractivity contribution < 1.29 is 22.8 Å². The number of aromatic nitrogens is 1. The first-order valence-electron chi connectivity index (χ1n) is 9.50. The SMILES string of the molecule is Cc1cccnc1C(=O)Nc1cc(C(=O)N2CCCCCC2)cc(C(F)(F)F)c1. The van der Waals surface area contributed by atoms with Crippen LogP contribution in [0.25, 0.3) is 0 Å². The molecule has 0 spiro atoms. The maximum atomic E-state index is 13.4. The van der Waals surface area contributed by atoms with E-state index in [2.05, 4.69) is 10.3 Å². The average molecular weight is 405 g/mol. The second kappa shape index (κ2) is 8.63. The number of likely N-dealkylation sites (tertiary alicyclic amines) is 1. The summed E-state index contributed by atoms with van der Waals surface area (Å²) in [5.74, 6) is -1.09. The summed E-state index contributed by atoms with van der Waals surface area (Å²) in [6, 6.07) is 6.31. The van der Waals surface area contributed by atoms with E-state index < -0.39 is 23.6 Å². The van der Waals surface area contributed by atoms with Gasteiger partial charge in [0.1, 0.15) is 5.69 Å². The van der Waals surface area contributed by atoms with Crippen LogP contribution in [-0.2, 0) is 6.18 Å². The van der Waals surface area contributed by atoms with Gasteiger partial charge in [-0.25, -0.2) is 0 Å². The van der Waals surface area contributed by atoms with Crippen LogP contribution in [0, 0.1) is 6.92 Å². The van der Waals surface area contributed by atoms with Crippen molar-refractivity contribution in [3.8, 4) is 0 Å². The zero-order chi connectivity index (χ0) is 21.0. The molecule has 154 valence electrons. The fourth-order valence-corrected chi connectivity index (χ4v) is 3.36. The molecule has 0 atom stereocenters. The maximum absolute atomic E-state index is 13.4. The van der Waals surface area contributed by atoms with Crippen LogP contribution in [0.15, 0.2) is 36.5 Å². The van der Waals surface area contributed by atoms with E-state index in [1.165, 1.54) is 12.3 Å². The van der Waals surface area contributed by atoms with E-state index in [9.17, 15) is 22.8 Å². The van der Waals surface area contributed by atoms with Gasteiger partial charge in [0.05, 0.1) is 5.56 Å². The number of pyridine rings is 1. The van der Waals surface area contributed by atoms with Gasteiger partial charge in [0.15, 0.2) is 0 Å². The van der Waals surface area contributed by atoms with Crippen LogP contribution in [0.5, 0.6) is 0 Å². The zero-order valence-electron chi connectivity index (χ0n) is 16.1. The smallest absolute Gasteiger partial charge is 0.339 e. The van der Waals surface area contributed by atoms with Crippen LogP contribution < -0.4 is 5.32 Å². The predicted molar refractivity (Wildman–Crippen MR) is 103 cm³/mol. The third-order valence-corrected chi connectivity index (χ3v) is 4.88. The Hall–Kier alpha value is -2.90. The van der Waals surface area contributed by atoms with E-state index in [4.69, 9.17) is 0 Å². The third-order valence-electron chi connectivity index (χ3n) is 4.88. The van der Waals surface area contributed by atoms with E-state index in [-0.39, 0.29) is 16.9 Å². The Balaban J connectivity index is 1.92. The molecule has 1 aliphatic heterocycles. The van der Waals surface area contributed by atoms with Gasteiger partial charge < -0.3 is 10.2 Å². The first-order valence-corrected chi connectivity index (χ1v) is 9.50. The fraction of sp³-hybridized carbons (Fsp3) is 0.381. The quantitative estimate of drug-likeness (QED) is 0.807.